The number of aliphatic hydroxyl groups is 8. The molecule has 0 aromatic heterocycles. The first kappa shape index (κ1) is 72.0. The Balaban J connectivity index is 1.65. The molecule has 0 spiro atoms. The molecule has 79 heavy (non-hydrogen) atoms. The van der Waals surface area contributed by atoms with Crippen molar-refractivity contribution in [1.29, 1.82) is 0 Å². The molecule has 2 saturated heterocycles. The lowest BCUT2D eigenvalue weighted by Crippen LogP contribution is -2.65. The lowest BCUT2D eigenvalue weighted by Gasteiger charge is -2.46. The van der Waals surface area contributed by atoms with Crippen LogP contribution in [0, 0.1) is 0 Å². The quantitative estimate of drug-likeness (QED) is 0.0204. The minimum absolute atomic E-state index is 0.255. The maximum atomic E-state index is 13.2. The molecule has 2 aliphatic rings. The molecule has 2 aliphatic heterocycles. The summed E-state index contributed by atoms with van der Waals surface area (Å²) in [4.78, 5) is 13.2. The number of carbonyl (C=O) groups excluding carboxylic acids is 1. The highest BCUT2D eigenvalue weighted by Gasteiger charge is 2.51. The number of hydrogen-bond donors (Lipinski definition) is 9. The van der Waals surface area contributed by atoms with E-state index in [2.05, 4.69) is 104 Å². The van der Waals surface area contributed by atoms with Crippen LogP contribution in [0.1, 0.15) is 213 Å². The van der Waals surface area contributed by atoms with Crippen LogP contribution in [0.5, 0.6) is 0 Å². The second-order valence-corrected chi connectivity index (χ2v) is 21.4. The standard InChI is InChI=1S/C65H111NO13/c1-3-5-7-9-11-13-15-17-18-19-20-21-22-23-24-25-26-27-28-29-30-31-32-33-34-35-36-37-39-41-43-45-47-49-57(70)66-53(54(69)48-46-44-42-40-38-16-14-12-10-8-6-4-2)52-76-64-62(75)60(73)63(56(51-68)78-64)79-65-61(74)59(72)58(71)55(50-67)77-65/h5,7,11,13,17-18,20-21,23-24,26-27,38,40,46,48,53-56,58-65,67-69,71-75H,3-4,6,8-10,12,14-16,19,22,25,28-37,39,41-45,47,49-52H2,1-2H3,(H,66,70)/b7-5-,13-11-,18-17-,21-20-,24-23-,27-26-,40-38+,48-46+. The van der Waals surface area contributed by atoms with Gasteiger partial charge in [0.2, 0.25) is 5.91 Å². The van der Waals surface area contributed by atoms with E-state index >= 15 is 0 Å². The van der Waals surface area contributed by atoms with Crippen LogP contribution in [0.15, 0.2) is 97.2 Å². The van der Waals surface area contributed by atoms with Gasteiger partial charge in [0.1, 0.15) is 48.8 Å². The van der Waals surface area contributed by atoms with Crippen molar-refractivity contribution in [2.24, 2.45) is 0 Å². The van der Waals surface area contributed by atoms with Crippen molar-refractivity contribution in [1.82, 2.24) is 5.32 Å². The van der Waals surface area contributed by atoms with E-state index < -0.39 is 86.8 Å². The molecule has 1 amide bonds. The third-order valence-electron chi connectivity index (χ3n) is 14.5. The highest BCUT2D eigenvalue weighted by Crippen LogP contribution is 2.30. The lowest BCUT2D eigenvalue weighted by molar-refractivity contribution is -0.359. The minimum atomic E-state index is -1.79. The van der Waals surface area contributed by atoms with Crippen molar-refractivity contribution in [2.45, 2.75) is 286 Å². The number of amides is 1. The number of aliphatic hydroxyl groups excluding tert-OH is 8. The van der Waals surface area contributed by atoms with Gasteiger partial charge in [-0.05, 0) is 83.5 Å². The van der Waals surface area contributed by atoms with Gasteiger partial charge in [-0.25, -0.2) is 0 Å². The van der Waals surface area contributed by atoms with Gasteiger partial charge in [-0.1, -0.05) is 220 Å². The Hall–Kier alpha value is -3.09. The molecule has 0 aromatic rings. The van der Waals surface area contributed by atoms with Gasteiger partial charge in [0.05, 0.1) is 32.0 Å². The van der Waals surface area contributed by atoms with Crippen molar-refractivity contribution in [3.05, 3.63) is 97.2 Å². The summed E-state index contributed by atoms with van der Waals surface area (Å²) in [6, 6.07) is -0.936. The number of hydrogen-bond acceptors (Lipinski definition) is 13. The number of nitrogens with one attached hydrogen (secondary N) is 1. The van der Waals surface area contributed by atoms with Gasteiger partial charge >= 0.3 is 0 Å². The smallest absolute Gasteiger partial charge is 0.220 e. The maximum Gasteiger partial charge on any atom is 0.220 e. The van der Waals surface area contributed by atoms with Crippen LogP contribution >= 0.6 is 0 Å². The molecular weight excluding hydrogens is 1000 g/mol. The van der Waals surface area contributed by atoms with Crippen LogP contribution in [0.4, 0.5) is 0 Å². The fraction of sp³-hybridized carbons (Fsp3) is 0.738. The van der Waals surface area contributed by atoms with E-state index in [-0.39, 0.29) is 18.9 Å². The first-order chi connectivity index (χ1) is 38.6. The van der Waals surface area contributed by atoms with Crippen LogP contribution in [0.2, 0.25) is 0 Å². The molecule has 454 valence electrons. The SMILES string of the molecule is CC/C=C\C/C=C\C/C=C\C/C=C\C/C=C\C/C=C\CCCCCCCCCCCCCCCCC(=O)NC(COC1OC(CO)C(OC2OC(CO)C(O)C(O)C2O)C(O)C1O)C(O)/C=C/CC/C=C/CCCCCCCC. The van der Waals surface area contributed by atoms with Crippen molar-refractivity contribution < 1.29 is 64.6 Å². The summed E-state index contributed by atoms with van der Waals surface area (Å²) < 4.78 is 22.7. The second-order valence-electron chi connectivity index (χ2n) is 21.4. The Morgan fingerprint density at radius 1 is 0.468 bits per heavy atom. The van der Waals surface area contributed by atoms with Crippen LogP contribution in [-0.4, -0.2) is 140 Å². The third kappa shape index (κ3) is 34.8. The molecule has 12 unspecified atom stereocenters. The highest BCUT2D eigenvalue weighted by atomic mass is 16.7. The Labute approximate surface area is 477 Å². The van der Waals surface area contributed by atoms with Gasteiger partial charge in [-0.2, -0.15) is 0 Å². The molecule has 0 bridgehead atoms. The van der Waals surface area contributed by atoms with E-state index in [1.807, 2.05) is 6.08 Å². The van der Waals surface area contributed by atoms with Gasteiger partial charge in [0.15, 0.2) is 12.6 Å². The zero-order chi connectivity index (χ0) is 57.4. The normalized spacial score (nSPS) is 25.1. The molecular formula is C65H111NO13. The number of ether oxygens (including phenoxy) is 4. The fourth-order valence-electron chi connectivity index (χ4n) is 9.55. The first-order valence-corrected chi connectivity index (χ1v) is 31.0. The lowest BCUT2D eigenvalue weighted by atomic mass is 9.97. The Kier molecular flexibility index (Phi) is 45.1. The van der Waals surface area contributed by atoms with E-state index in [0.29, 0.717) is 12.8 Å². The maximum absolute atomic E-state index is 13.2. The molecule has 14 heteroatoms. The second kappa shape index (κ2) is 49.5. The summed E-state index contributed by atoms with van der Waals surface area (Å²) in [5, 5.41) is 87.0. The van der Waals surface area contributed by atoms with E-state index in [4.69, 9.17) is 18.9 Å². The summed E-state index contributed by atoms with van der Waals surface area (Å²) in [5.74, 6) is -0.255. The summed E-state index contributed by atoms with van der Waals surface area (Å²) in [5.41, 5.74) is 0. The summed E-state index contributed by atoms with van der Waals surface area (Å²) in [7, 11) is 0. The Morgan fingerprint density at radius 3 is 1.39 bits per heavy atom. The fourth-order valence-corrected chi connectivity index (χ4v) is 9.55. The summed E-state index contributed by atoms with van der Waals surface area (Å²) in [6.45, 7) is 2.63. The van der Waals surface area contributed by atoms with E-state index in [0.717, 1.165) is 70.6 Å². The van der Waals surface area contributed by atoms with Gasteiger partial charge in [0, 0.05) is 6.42 Å². The predicted octanol–water partition coefficient (Wildman–Crippen LogP) is 11.1. The summed E-state index contributed by atoms with van der Waals surface area (Å²) >= 11 is 0. The topological polar surface area (TPSA) is 228 Å². The average Bonchev–Trinajstić information content (AvgIpc) is 3.49. The highest BCUT2D eigenvalue weighted by molar-refractivity contribution is 5.76. The zero-order valence-corrected chi connectivity index (χ0v) is 48.8. The zero-order valence-electron chi connectivity index (χ0n) is 48.8. The van der Waals surface area contributed by atoms with Gasteiger partial charge in [-0.3, -0.25) is 4.79 Å². The largest absolute Gasteiger partial charge is 0.394 e. The first-order valence-electron chi connectivity index (χ1n) is 31.0. The van der Waals surface area contributed by atoms with E-state index in [1.54, 1.807) is 6.08 Å². The minimum Gasteiger partial charge on any atom is -0.394 e. The molecule has 0 aromatic carbocycles. The van der Waals surface area contributed by atoms with Crippen LogP contribution < -0.4 is 5.32 Å². The molecule has 2 fully saturated rings. The molecule has 12 atom stereocenters. The molecule has 0 saturated carbocycles. The van der Waals surface area contributed by atoms with Crippen LogP contribution in [-0.2, 0) is 23.7 Å². The number of unbranched alkanes of at least 4 members (excludes halogenated alkanes) is 21. The Morgan fingerprint density at radius 2 is 0.886 bits per heavy atom. The van der Waals surface area contributed by atoms with Crippen molar-refractivity contribution >= 4 is 5.91 Å². The molecule has 9 N–H and O–H groups in total. The Bertz CT molecular complexity index is 1690. The average molecular weight is 1110 g/mol. The van der Waals surface area contributed by atoms with Gasteiger partial charge < -0.3 is 65.1 Å². The third-order valence-corrected chi connectivity index (χ3v) is 14.5. The molecule has 2 heterocycles. The van der Waals surface area contributed by atoms with E-state index in [1.165, 1.54) is 109 Å². The van der Waals surface area contributed by atoms with Crippen molar-refractivity contribution in [3.63, 3.8) is 0 Å². The van der Waals surface area contributed by atoms with Crippen molar-refractivity contribution in [2.75, 3.05) is 19.8 Å². The summed E-state index contributed by atoms with van der Waals surface area (Å²) in [6.07, 6.45) is 51.8. The predicted molar refractivity (Wildman–Crippen MR) is 318 cm³/mol. The number of rotatable bonds is 48. The molecule has 0 radical (unpaired) electrons. The van der Waals surface area contributed by atoms with Crippen LogP contribution in [0.3, 0.4) is 0 Å². The van der Waals surface area contributed by atoms with Crippen molar-refractivity contribution in [3.8, 4) is 0 Å². The number of allylic oxidation sites excluding steroid dienone is 15. The van der Waals surface area contributed by atoms with Gasteiger partial charge in [-0.15, -0.1) is 0 Å². The van der Waals surface area contributed by atoms with Crippen LogP contribution in [0.25, 0.3) is 0 Å². The number of carbonyl (C=O) groups is 1. The van der Waals surface area contributed by atoms with E-state index in [9.17, 15) is 45.6 Å². The molecule has 2 rings (SSSR count). The van der Waals surface area contributed by atoms with Gasteiger partial charge in [0.25, 0.3) is 0 Å². The molecule has 0 aliphatic carbocycles. The monoisotopic (exact) mass is 1110 g/mol. The molecule has 14 nitrogen and oxygen atoms in total.